The number of nitrogens with zero attached hydrogens (tertiary/aromatic N) is 2. The molecule has 3 aromatic rings. The van der Waals surface area contributed by atoms with E-state index in [1.165, 1.54) is 22.5 Å². The highest BCUT2D eigenvalue weighted by Gasteiger charge is 2.11. The van der Waals surface area contributed by atoms with Crippen LogP contribution in [0, 0.1) is 13.8 Å². The molecule has 0 unspecified atom stereocenters. The van der Waals surface area contributed by atoms with Crippen LogP contribution in [-0.2, 0) is 22.6 Å². The monoisotopic (exact) mass is 371 g/mol. The number of nitrogens with one attached hydrogen (secondary N) is 1. The molecule has 136 valence electrons. The van der Waals surface area contributed by atoms with E-state index < -0.39 is 0 Å². The minimum atomic E-state index is -0.116. The molecule has 0 fully saturated rings. The molecular weight excluding hydrogens is 350 g/mol. The van der Waals surface area contributed by atoms with Crippen molar-refractivity contribution in [3.63, 3.8) is 0 Å². The molecule has 6 nitrogen and oxygen atoms in total. The molecule has 2 aromatic heterocycles. The van der Waals surface area contributed by atoms with E-state index >= 15 is 0 Å². The fourth-order valence-electron chi connectivity index (χ4n) is 2.47. The third-order valence-electron chi connectivity index (χ3n) is 4.03. The zero-order valence-corrected chi connectivity index (χ0v) is 15.9. The lowest BCUT2D eigenvalue weighted by Crippen LogP contribution is -2.11. The molecule has 0 radical (unpaired) electrons. The van der Waals surface area contributed by atoms with Gasteiger partial charge >= 0.3 is 0 Å². The predicted octanol–water partition coefficient (Wildman–Crippen LogP) is 4.13. The summed E-state index contributed by atoms with van der Waals surface area (Å²) in [5, 5.41) is 11.8. The molecule has 0 spiro atoms. The Morgan fingerprint density at radius 1 is 1.19 bits per heavy atom. The lowest BCUT2D eigenvalue weighted by Gasteiger charge is -2.03. The van der Waals surface area contributed by atoms with Gasteiger partial charge in [0.15, 0.2) is 0 Å². The highest BCUT2D eigenvalue weighted by Crippen LogP contribution is 2.25. The predicted molar refractivity (Wildman–Crippen MR) is 101 cm³/mol. The molecule has 3 rings (SSSR count). The van der Waals surface area contributed by atoms with E-state index in [-0.39, 0.29) is 5.91 Å². The van der Waals surface area contributed by atoms with Crippen molar-refractivity contribution in [1.82, 2.24) is 10.2 Å². The Bertz CT molecular complexity index is 901. The van der Waals surface area contributed by atoms with Crippen LogP contribution >= 0.6 is 11.3 Å². The van der Waals surface area contributed by atoms with Crippen molar-refractivity contribution >= 4 is 22.4 Å². The molecule has 26 heavy (non-hydrogen) atoms. The molecule has 1 aromatic carbocycles. The van der Waals surface area contributed by atoms with Gasteiger partial charge < -0.3 is 14.5 Å². The number of anilines is 1. The summed E-state index contributed by atoms with van der Waals surface area (Å²) in [7, 11) is 1.59. The summed E-state index contributed by atoms with van der Waals surface area (Å²) >= 11 is 1.31. The van der Waals surface area contributed by atoms with E-state index in [1.54, 1.807) is 7.11 Å². The Morgan fingerprint density at radius 3 is 2.81 bits per heavy atom. The first kappa shape index (κ1) is 18.3. The van der Waals surface area contributed by atoms with Gasteiger partial charge in [-0.15, -0.1) is 10.2 Å². The molecule has 0 saturated carbocycles. The van der Waals surface area contributed by atoms with Gasteiger partial charge in [-0.05, 0) is 43.2 Å². The number of aromatic nitrogens is 2. The van der Waals surface area contributed by atoms with E-state index in [0.29, 0.717) is 24.6 Å². The summed E-state index contributed by atoms with van der Waals surface area (Å²) in [6.45, 7) is 4.56. The normalized spacial score (nSPS) is 10.9. The van der Waals surface area contributed by atoms with Crippen LogP contribution < -0.4 is 5.32 Å². The van der Waals surface area contributed by atoms with Crippen LogP contribution in [0.1, 0.15) is 28.3 Å². The van der Waals surface area contributed by atoms with Crippen molar-refractivity contribution in [2.45, 2.75) is 33.3 Å². The number of rotatable bonds is 7. The summed E-state index contributed by atoms with van der Waals surface area (Å²) < 4.78 is 10.9. The minimum absolute atomic E-state index is 0.116. The van der Waals surface area contributed by atoms with Crippen LogP contribution in [0.25, 0.3) is 11.3 Å². The van der Waals surface area contributed by atoms with Gasteiger partial charge in [0.1, 0.15) is 23.1 Å². The van der Waals surface area contributed by atoms with Crippen molar-refractivity contribution in [3.05, 3.63) is 52.2 Å². The second-order valence-electron chi connectivity index (χ2n) is 6.05. The molecule has 0 aliphatic carbocycles. The summed E-state index contributed by atoms with van der Waals surface area (Å²) in [5.74, 6) is 1.48. The molecule has 2 heterocycles. The molecule has 7 heteroatoms. The zero-order valence-electron chi connectivity index (χ0n) is 15.0. The minimum Gasteiger partial charge on any atom is -0.461 e. The second kappa shape index (κ2) is 8.25. The maximum absolute atomic E-state index is 12.1. The smallest absolute Gasteiger partial charge is 0.226 e. The number of furan rings is 1. The number of benzene rings is 1. The number of carbonyl (C=O) groups is 1. The summed E-state index contributed by atoms with van der Waals surface area (Å²) in [6.07, 6.45) is 0.847. The quantitative estimate of drug-likeness (QED) is 0.676. The van der Waals surface area contributed by atoms with Gasteiger partial charge in [0.2, 0.25) is 11.0 Å². The maximum Gasteiger partial charge on any atom is 0.226 e. The number of methoxy groups -OCH3 is 1. The summed E-state index contributed by atoms with van der Waals surface area (Å²) in [5.41, 5.74) is 3.52. The topological polar surface area (TPSA) is 77.3 Å². The van der Waals surface area contributed by atoms with E-state index in [9.17, 15) is 4.79 Å². The number of aryl methyl sites for hydroxylation is 3. The Hall–Kier alpha value is -2.51. The number of hydrogen-bond acceptors (Lipinski definition) is 6. The van der Waals surface area contributed by atoms with E-state index in [1.807, 2.05) is 18.2 Å². The molecule has 1 amide bonds. The SMILES string of the molecule is COCc1nnc(NC(=O)CCc2ccc(-c3ccc(C)c(C)c3)o2)s1. The molecule has 0 aliphatic rings. The number of carbonyl (C=O) groups excluding carboxylic acids is 1. The molecule has 0 atom stereocenters. The number of ether oxygens (including phenoxy) is 1. The van der Waals surface area contributed by atoms with E-state index in [0.717, 1.165) is 22.1 Å². The van der Waals surface area contributed by atoms with Crippen LogP contribution in [0.5, 0.6) is 0 Å². The Kier molecular flexibility index (Phi) is 5.80. The molecule has 1 N–H and O–H groups in total. The van der Waals surface area contributed by atoms with Gasteiger partial charge in [0, 0.05) is 25.5 Å². The molecular formula is C19H21N3O3S. The highest BCUT2D eigenvalue weighted by atomic mass is 32.1. The first-order valence-electron chi connectivity index (χ1n) is 8.32. The Morgan fingerprint density at radius 2 is 2.04 bits per heavy atom. The lowest BCUT2D eigenvalue weighted by molar-refractivity contribution is -0.116. The number of amides is 1. The first-order chi connectivity index (χ1) is 12.5. The van der Waals surface area contributed by atoms with Crippen molar-refractivity contribution in [2.24, 2.45) is 0 Å². The van der Waals surface area contributed by atoms with E-state index in [2.05, 4.69) is 41.5 Å². The number of hydrogen-bond donors (Lipinski definition) is 1. The fraction of sp³-hybridized carbons (Fsp3) is 0.316. The zero-order chi connectivity index (χ0) is 18.5. The average molecular weight is 371 g/mol. The van der Waals surface area contributed by atoms with Crippen LogP contribution in [0.4, 0.5) is 5.13 Å². The van der Waals surface area contributed by atoms with Crippen molar-refractivity contribution in [1.29, 1.82) is 0 Å². The standard InChI is InChI=1S/C19H21N3O3S/c1-12-4-5-14(10-13(12)2)16-8-6-15(25-16)7-9-17(23)20-19-22-21-18(26-19)11-24-3/h4-6,8,10H,7,9,11H2,1-3H3,(H,20,22,23). The Labute approximate surface area is 156 Å². The largest absolute Gasteiger partial charge is 0.461 e. The third kappa shape index (κ3) is 4.56. The maximum atomic E-state index is 12.1. The first-order valence-corrected chi connectivity index (χ1v) is 9.14. The lowest BCUT2D eigenvalue weighted by atomic mass is 10.1. The molecule has 0 saturated heterocycles. The van der Waals surface area contributed by atoms with Gasteiger partial charge in [0.25, 0.3) is 0 Å². The molecule has 0 bridgehead atoms. The van der Waals surface area contributed by atoms with Crippen LogP contribution in [-0.4, -0.2) is 23.2 Å². The van der Waals surface area contributed by atoms with Crippen molar-refractivity contribution in [2.75, 3.05) is 12.4 Å². The average Bonchev–Trinajstić information content (AvgIpc) is 3.25. The summed E-state index contributed by atoms with van der Waals surface area (Å²) in [4.78, 5) is 12.1. The fourth-order valence-corrected chi connectivity index (χ4v) is 3.19. The van der Waals surface area contributed by atoms with Gasteiger partial charge in [-0.2, -0.15) is 0 Å². The van der Waals surface area contributed by atoms with Crippen LogP contribution in [0.2, 0.25) is 0 Å². The van der Waals surface area contributed by atoms with E-state index in [4.69, 9.17) is 9.15 Å². The van der Waals surface area contributed by atoms with Crippen molar-refractivity contribution in [3.8, 4) is 11.3 Å². The van der Waals surface area contributed by atoms with Gasteiger partial charge in [-0.1, -0.05) is 23.5 Å². The van der Waals surface area contributed by atoms with Gasteiger partial charge in [-0.25, -0.2) is 0 Å². The third-order valence-corrected chi connectivity index (χ3v) is 4.84. The van der Waals surface area contributed by atoms with Crippen LogP contribution in [0.15, 0.2) is 34.7 Å². The Balaban J connectivity index is 1.55. The molecule has 0 aliphatic heterocycles. The van der Waals surface area contributed by atoms with Gasteiger partial charge in [0.05, 0.1) is 0 Å². The highest BCUT2D eigenvalue weighted by molar-refractivity contribution is 7.15. The van der Waals surface area contributed by atoms with Crippen molar-refractivity contribution < 1.29 is 13.9 Å². The van der Waals surface area contributed by atoms with Crippen LogP contribution in [0.3, 0.4) is 0 Å². The summed E-state index contributed by atoms with van der Waals surface area (Å²) in [6, 6.07) is 10.1. The second-order valence-corrected chi connectivity index (χ2v) is 7.11. The van der Waals surface area contributed by atoms with Gasteiger partial charge in [-0.3, -0.25) is 4.79 Å².